The van der Waals surface area contributed by atoms with E-state index in [1.54, 1.807) is 6.07 Å². The van der Waals surface area contributed by atoms with Gasteiger partial charge in [0.05, 0.1) is 41.5 Å². The van der Waals surface area contributed by atoms with Crippen LogP contribution in [0.25, 0.3) is 11.3 Å². The van der Waals surface area contributed by atoms with Gasteiger partial charge in [-0.3, -0.25) is 9.78 Å². The maximum absolute atomic E-state index is 13.5. The molecule has 2 bridgehead atoms. The summed E-state index contributed by atoms with van der Waals surface area (Å²) < 4.78 is 8.35. The Hall–Kier alpha value is -3.68. The molecule has 4 heterocycles. The quantitative estimate of drug-likeness (QED) is 0.470. The molecule has 0 radical (unpaired) electrons. The first-order valence-corrected chi connectivity index (χ1v) is 13.4. The van der Waals surface area contributed by atoms with Crippen LogP contribution in [0.3, 0.4) is 0 Å². The number of ether oxygens (including phenoxy) is 1. The average Bonchev–Trinajstić information content (AvgIpc) is 3.54. The summed E-state index contributed by atoms with van der Waals surface area (Å²) in [5.41, 5.74) is 6.10. The molecule has 1 fully saturated rings. The third-order valence-electron chi connectivity index (χ3n) is 7.38. The monoisotopic (exact) mass is 498 g/mol. The zero-order chi connectivity index (χ0) is 25.7. The van der Waals surface area contributed by atoms with Crippen molar-refractivity contribution in [2.24, 2.45) is 10.9 Å². The van der Waals surface area contributed by atoms with Gasteiger partial charge < -0.3 is 15.0 Å². The van der Waals surface area contributed by atoms with Gasteiger partial charge in [0.25, 0.3) is 5.91 Å². The SMILES string of the molecule is Cc1cc2cc(n1)-c1cnn(C3CC3)c1OCCC[C@@H](C)CN1/C(=N/C2=O)Nc2ccc(C(C)C)cc21. The maximum Gasteiger partial charge on any atom is 0.280 e. The number of benzene rings is 1. The van der Waals surface area contributed by atoms with Crippen LogP contribution in [0.5, 0.6) is 5.88 Å². The van der Waals surface area contributed by atoms with Gasteiger partial charge in [-0.05, 0) is 74.3 Å². The number of aromatic nitrogens is 3. The zero-order valence-electron chi connectivity index (χ0n) is 22.0. The number of nitrogens with zero attached hydrogens (tertiary/aromatic N) is 5. The summed E-state index contributed by atoms with van der Waals surface area (Å²) in [5, 5.41) is 8.04. The highest BCUT2D eigenvalue weighted by atomic mass is 16.5. The fourth-order valence-corrected chi connectivity index (χ4v) is 5.16. The van der Waals surface area contributed by atoms with Crippen molar-refractivity contribution in [3.8, 4) is 17.1 Å². The number of aliphatic imine (C=N–C) groups is 1. The van der Waals surface area contributed by atoms with Gasteiger partial charge in [-0.1, -0.05) is 26.8 Å². The molecule has 1 aliphatic carbocycles. The van der Waals surface area contributed by atoms with Gasteiger partial charge >= 0.3 is 0 Å². The molecule has 0 unspecified atom stereocenters. The van der Waals surface area contributed by atoms with E-state index < -0.39 is 0 Å². The van der Waals surface area contributed by atoms with Crippen LogP contribution in [0.15, 0.2) is 41.5 Å². The van der Waals surface area contributed by atoms with E-state index in [0.29, 0.717) is 41.7 Å². The first kappa shape index (κ1) is 23.7. The molecule has 0 saturated heterocycles. The maximum atomic E-state index is 13.5. The number of pyridine rings is 1. The molecule has 6 rings (SSSR count). The van der Waals surface area contributed by atoms with Crippen LogP contribution in [0.4, 0.5) is 11.4 Å². The lowest BCUT2D eigenvalue weighted by Gasteiger charge is -2.23. The first-order chi connectivity index (χ1) is 17.9. The molecule has 2 aliphatic heterocycles. The van der Waals surface area contributed by atoms with Gasteiger partial charge in [0.2, 0.25) is 11.8 Å². The van der Waals surface area contributed by atoms with Crippen molar-refractivity contribution in [1.82, 2.24) is 14.8 Å². The van der Waals surface area contributed by atoms with Gasteiger partial charge in [0.1, 0.15) is 0 Å². The molecule has 1 N–H and O–H groups in total. The first-order valence-electron chi connectivity index (χ1n) is 13.4. The molecule has 8 heteroatoms. The number of hydrogen-bond acceptors (Lipinski definition) is 6. The van der Waals surface area contributed by atoms with E-state index in [9.17, 15) is 4.79 Å². The van der Waals surface area contributed by atoms with E-state index in [1.807, 2.05) is 23.9 Å². The van der Waals surface area contributed by atoms with Gasteiger partial charge in [-0.25, -0.2) is 4.68 Å². The van der Waals surface area contributed by atoms with Crippen molar-refractivity contribution in [2.75, 3.05) is 23.4 Å². The number of aryl methyl sites for hydroxylation is 1. The predicted octanol–water partition coefficient (Wildman–Crippen LogP) is 5.95. The fourth-order valence-electron chi connectivity index (χ4n) is 5.16. The molecule has 1 amide bonds. The second-order valence-corrected chi connectivity index (χ2v) is 10.9. The molecule has 0 spiro atoms. The number of anilines is 2. The van der Waals surface area contributed by atoms with Crippen molar-refractivity contribution in [1.29, 1.82) is 0 Å². The minimum Gasteiger partial charge on any atom is -0.477 e. The zero-order valence-corrected chi connectivity index (χ0v) is 22.0. The van der Waals surface area contributed by atoms with Crippen LogP contribution in [0.2, 0.25) is 0 Å². The van der Waals surface area contributed by atoms with Crippen molar-refractivity contribution in [2.45, 2.75) is 65.3 Å². The van der Waals surface area contributed by atoms with E-state index in [4.69, 9.17) is 9.72 Å². The van der Waals surface area contributed by atoms with Crippen molar-refractivity contribution in [3.05, 3.63) is 53.3 Å². The largest absolute Gasteiger partial charge is 0.477 e. The van der Waals surface area contributed by atoms with Gasteiger partial charge in [-0.2, -0.15) is 10.1 Å². The molecule has 37 heavy (non-hydrogen) atoms. The summed E-state index contributed by atoms with van der Waals surface area (Å²) in [6, 6.07) is 10.5. The standard InChI is InChI=1S/C29H34N6O2/c1-17(2)20-7-10-24-26(14-20)34-16-18(3)6-5-11-37-28-23(15-30-35(28)22-8-9-22)25-13-21(12-19(4)31-25)27(36)33-29(34)32-24/h7,10,12-15,17-18,22H,5-6,8-9,11,16H2,1-4H3,(H,32,33,36)/t18-/m1/s1. The second kappa shape index (κ2) is 9.32. The Balaban J connectivity index is 1.43. The third-order valence-corrected chi connectivity index (χ3v) is 7.38. The Morgan fingerprint density at radius 3 is 2.76 bits per heavy atom. The Morgan fingerprint density at radius 2 is 1.97 bits per heavy atom. The normalized spacial score (nSPS) is 21.1. The second-order valence-electron chi connectivity index (χ2n) is 10.9. The Morgan fingerprint density at radius 1 is 1.14 bits per heavy atom. The number of fused-ring (bicyclic) bond motifs is 7. The fraction of sp³-hybridized carbons (Fsp3) is 0.448. The van der Waals surface area contributed by atoms with E-state index in [0.717, 1.165) is 60.7 Å². The lowest BCUT2D eigenvalue weighted by atomic mass is 10.0. The van der Waals surface area contributed by atoms with Gasteiger partial charge in [0, 0.05) is 17.8 Å². The number of hydrogen-bond donors (Lipinski definition) is 1. The summed E-state index contributed by atoms with van der Waals surface area (Å²) in [5.74, 6) is 1.83. The summed E-state index contributed by atoms with van der Waals surface area (Å²) in [7, 11) is 0. The summed E-state index contributed by atoms with van der Waals surface area (Å²) in [6.07, 6.45) is 5.96. The van der Waals surface area contributed by atoms with E-state index in [-0.39, 0.29) is 5.91 Å². The van der Waals surface area contributed by atoms with Crippen molar-refractivity contribution < 1.29 is 9.53 Å². The molecule has 8 nitrogen and oxygen atoms in total. The molecular weight excluding hydrogens is 464 g/mol. The van der Waals surface area contributed by atoms with Crippen LogP contribution in [-0.4, -0.2) is 39.8 Å². The average molecular weight is 499 g/mol. The van der Waals surface area contributed by atoms with Crippen LogP contribution in [0.1, 0.15) is 80.0 Å². The summed E-state index contributed by atoms with van der Waals surface area (Å²) in [4.78, 5) is 25.0. The van der Waals surface area contributed by atoms with Gasteiger partial charge in [-0.15, -0.1) is 0 Å². The molecule has 3 aliphatic rings. The minimum absolute atomic E-state index is 0.296. The molecule has 192 valence electrons. The van der Waals surface area contributed by atoms with Crippen LogP contribution >= 0.6 is 0 Å². The molecule has 1 atom stereocenters. The highest BCUT2D eigenvalue weighted by molar-refractivity contribution is 6.19. The molecule has 1 saturated carbocycles. The molecule has 2 aromatic heterocycles. The lowest BCUT2D eigenvalue weighted by molar-refractivity contribution is 0.100. The van der Waals surface area contributed by atoms with Crippen LogP contribution in [0, 0.1) is 12.8 Å². The summed E-state index contributed by atoms with van der Waals surface area (Å²) in [6.45, 7) is 9.92. The molecule has 3 aromatic rings. The highest BCUT2D eigenvalue weighted by Crippen LogP contribution is 2.41. The van der Waals surface area contributed by atoms with Crippen molar-refractivity contribution >= 4 is 23.2 Å². The topological polar surface area (TPSA) is 84.6 Å². The molecular formula is C29H34N6O2. The van der Waals surface area contributed by atoms with Crippen LogP contribution < -0.4 is 15.0 Å². The third kappa shape index (κ3) is 4.61. The molecule has 1 aromatic carbocycles. The van der Waals surface area contributed by atoms with Crippen LogP contribution in [-0.2, 0) is 0 Å². The highest BCUT2D eigenvalue weighted by Gasteiger charge is 2.31. The smallest absolute Gasteiger partial charge is 0.280 e. The van der Waals surface area contributed by atoms with Crippen molar-refractivity contribution in [3.63, 3.8) is 0 Å². The number of carbonyl (C=O) groups excluding carboxylic acids is 1. The van der Waals surface area contributed by atoms with E-state index >= 15 is 0 Å². The number of guanidine groups is 1. The number of carbonyl (C=O) groups is 1. The Labute approximate surface area is 217 Å². The lowest BCUT2D eigenvalue weighted by Crippen LogP contribution is -2.35. The Bertz CT molecular complexity index is 1390. The number of nitrogens with one attached hydrogen (secondary N) is 1. The predicted molar refractivity (Wildman–Crippen MR) is 146 cm³/mol. The van der Waals surface area contributed by atoms with E-state index in [1.165, 1.54) is 5.56 Å². The van der Waals surface area contributed by atoms with E-state index in [2.05, 4.69) is 59.3 Å². The Kier molecular flexibility index (Phi) is 5.97. The van der Waals surface area contributed by atoms with Gasteiger partial charge in [0.15, 0.2) is 0 Å². The number of rotatable bonds is 2. The summed E-state index contributed by atoms with van der Waals surface area (Å²) >= 11 is 0. The minimum atomic E-state index is -0.296. The number of amides is 1.